The summed E-state index contributed by atoms with van der Waals surface area (Å²) in [5.74, 6) is -0.0110. The standard InChI is InChI=1S/C15H15NO/c1-11(16(3)12(2)17)14-9-8-13-6-4-5-7-15(13)10-14/h4-10H,1H2,2-3H3. The molecule has 2 aromatic carbocycles. The Morgan fingerprint density at radius 2 is 1.76 bits per heavy atom. The van der Waals surface area contributed by atoms with Crippen LogP contribution in [0.15, 0.2) is 49.0 Å². The summed E-state index contributed by atoms with van der Waals surface area (Å²) in [4.78, 5) is 12.8. The number of carbonyl (C=O) groups excluding carboxylic acids is 1. The molecule has 0 saturated heterocycles. The topological polar surface area (TPSA) is 20.3 Å². The van der Waals surface area contributed by atoms with E-state index in [1.54, 1.807) is 11.9 Å². The van der Waals surface area contributed by atoms with Crippen LogP contribution in [-0.4, -0.2) is 17.9 Å². The molecule has 0 aliphatic rings. The molecule has 0 heterocycles. The second-order valence-corrected chi connectivity index (χ2v) is 4.09. The first-order valence-electron chi connectivity index (χ1n) is 5.52. The zero-order valence-corrected chi connectivity index (χ0v) is 10.1. The molecule has 0 saturated carbocycles. The molecule has 0 aromatic heterocycles. The average molecular weight is 225 g/mol. The Balaban J connectivity index is 2.43. The van der Waals surface area contributed by atoms with Crippen LogP contribution in [0.1, 0.15) is 12.5 Å². The van der Waals surface area contributed by atoms with Crippen LogP contribution in [0, 0.1) is 0 Å². The summed E-state index contributed by atoms with van der Waals surface area (Å²) in [7, 11) is 1.74. The van der Waals surface area contributed by atoms with Gasteiger partial charge in [0.2, 0.25) is 5.91 Å². The molecule has 0 N–H and O–H groups in total. The van der Waals surface area contributed by atoms with Crippen LogP contribution < -0.4 is 0 Å². The Hall–Kier alpha value is -2.09. The molecule has 0 atom stereocenters. The number of hydrogen-bond acceptors (Lipinski definition) is 1. The first-order chi connectivity index (χ1) is 8.09. The maximum Gasteiger partial charge on any atom is 0.223 e. The van der Waals surface area contributed by atoms with Gasteiger partial charge in [-0.2, -0.15) is 0 Å². The molecule has 0 aliphatic carbocycles. The van der Waals surface area contributed by atoms with E-state index in [-0.39, 0.29) is 5.91 Å². The number of nitrogens with zero attached hydrogens (tertiary/aromatic N) is 1. The van der Waals surface area contributed by atoms with E-state index in [1.165, 1.54) is 12.3 Å². The number of fused-ring (bicyclic) bond motifs is 1. The van der Waals surface area contributed by atoms with Crippen molar-refractivity contribution in [2.75, 3.05) is 7.05 Å². The Bertz CT molecular complexity index is 586. The lowest BCUT2D eigenvalue weighted by Crippen LogP contribution is -2.21. The molecule has 86 valence electrons. The van der Waals surface area contributed by atoms with E-state index in [9.17, 15) is 4.79 Å². The van der Waals surface area contributed by atoms with Crippen molar-refractivity contribution < 1.29 is 4.79 Å². The maximum atomic E-state index is 11.3. The predicted molar refractivity (Wildman–Crippen MR) is 71.4 cm³/mol. The Kier molecular flexibility index (Phi) is 2.96. The highest BCUT2D eigenvalue weighted by atomic mass is 16.2. The highest BCUT2D eigenvalue weighted by Gasteiger charge is 2.08. The smallest absolute Gasteiger partial charge is 0.223 e. The van der Waals surface area contributed by atoms with Gasteiger partial charge in [-0.05, 0) is 22.4 Å². The fourth-order valence-corrected chi connectivity index (χ4v) is 1.75. The lowest BCUT2D eigenvalue weighted by Gasteiger charge is -2.18. The fourth-order valence-electron chi connectivity index (χ4n) is 1.75. The van der Waals surface area contributed by atoms with Crippen LogP contribution in [0.5, 0.6) is 0 Å². The highest BCUT2D eigenvalue weighted by Crippen LogP contribution is 2.21. The third-order valence-corrected chi connectivity index (χ3v) is 2.96. The maximum absolute atomic E-state index is 11.3. The molecular formula is C15H15NO. The van der Waals surface area contributed by atoms with E-state index in [1.807, 2.05) is 24.3 Å². The van der Waals surface area contributed by atoms with Crippen LogP contribution in [0.3, 0.4) is 0 Å². The van der Waals surface area contributed by atoms with E-state index >= 15 is 0 Å². The average Bonchev–Trinajstić information content (AvgIpc) is 2.36. The molecule has 17 heavy (non-hydrogen) atoms. The molecule has 0 spiro atoms. The first-order valence-corrected chi connectivity index (χ1v) is 5.52. The summed E-state index contributed by atoms with van der Waals surface area (Å²) in [6, 6.07) is 14.2. The normalized spacial score (nSPS) is 10.2. The largest absolute Gasteiger partial charge is 0.316 e. The van der Waals surface area contributed by atoms with E-state index in [0.717, 1.165) is 16.6 Å². The van der Waals surface area contributed by atoms with Crippen molar-refractivity contribution in [1.82, 2.24) is 4.90 Å². The molecular weight excluding hydrogens is 210 g/mol. The van der Waals surface area contributed by atoms with Gasteiger partial charge < -0.3 is 4.90 Å². The van der Waals surface area contributed by atoms with Gasteiger partial charge >= 0.3 is 0 Å². The first kappa shape index (κ1) is 11.4. The van der Waals surface area contributed by atoms with Gasteiger partial charge in [-0.3, -0.25) is 4.79 Å². The molecule has 2 aromatic rings. The number of carbonyl (C=O) groups is 1. The minimum Gasteiger partial charge on any atom is -0.316 e. The van der Waals surface area contributed by atoms with E-state index in [2.05, 4.69) is 24.8 Å². The minimum atomic E-state index is -0.0110. The molecule has 0 unspecified atom stereocenters. The molecule has 1 amide bonds. The van der Waals surface area contributed by atoms with Crippen molar-refractivity contribution in [2.45, 2.75) is 6.92 Å². The van der Waals surface area contributed by atoms with Gasteiger partial charge in [0, 0.05) is 19.7 Å². The van der Waals surface area contributed by atoms with E-state index < -0.39 is 0 Å². The third-order valence-electron chi connectivity index (χ3n) is 2.96. The molecule has 0 radical (unpaired) electrons. The van der Waals surface area contributed by atoms with Crippen LogP contribution in [0.4, 0.5) is 0 Å². The summed E-state index contributed by atoms with van der Waals surface area (Å²) in [6.45, 7) is 5.49. The van der Waals surface area contributed by atoms with Crippen molar-refractivity contribution >= 4 is 22.4 Å². The van der Waals surface area contributed by atoms with Crippen molar-refractivity contribution in [3.8, 4) is 0 Å². The molecule has 2 rings (SSSR count). The Morgan fingerprint density at radius 3 is 2.41 bits per heavy atom. The van der Waals surface area contributed by atoms with E-state index in [0.29, 0.717) is 0 Å². The van der Waals surface area contributed by atoms with Gasteiger partial charge in [-0.25, -0.2) is 0 Å². The second kappa shape index (κ2) is 4.42. The quantitative estimate of drug-likeness (QED) is 0.768. The van der Waals surface area contributed by atoms with Gasteiger partial charge in [0.1, 0.15) is 0 Å². The summed E-state index contributed by atoms with van der Waals surface area (Å²) < 4.78 is 0. The third kappa shape index (κ3) is 2.21. The van der Waals surface area contributed by atoms with Crippen LogP contribution in [0.2, 0.25) is 0 Å². The number of rotatable bonds is 2. The summed E-state index contributed by atoms with van der Waals surface area (Å²) in [5, 5.41) is 2.35. The summed E-state index contributed by atoms with van der Waals surface area (Å²) in [5.41, 5.74) is 1.70. The number of amides is 1. The fraction of sp³-hybridized carbons (Fsp3) is 0.133. The van der Waals surface area contributed by atoms with Crippen molar-refractivity contribution in [3.05, 3.63) is 54.6 Å². The van der Waals surface area contributed by atoms with Crippen molar-refractivity contribution in [3.63, 3.8) is 0 Å². The van der Waals surface area contributed by atoms with Crippen molar-refractivity contribution in [2.24, 2.45) is 0 Å². The Morgan fingerprint density at radius 1 is 1.12 bits per heavy atom. The number of hydrogen-bond donors (Lipinski definition) is 0. The zero-order chi connectivity index (χ0) is 12.4. The van der Waals surface area contributed by atoms with Gasteiger partial charge in [0.15, 0.2) is 0 Å². The monoisotopic (exact) mass is 225 g/mol. The minimum absolute atomic E-state index is 0.0110. The zero-order valence-electron chi connectivity index (χ0n) is 10.1. The highest BCUT2D eigenvalue weighted by molar-refractivity contribution is 5.89. The molecule has 0 aliphatic heterocycles. The van der Waals surface area contributed by atoms with Crippen molar-refractivity contribution in [1.29, 1.82) is 0 Å². The molecule has 0 bridgehead atoms. The number of benzene rings is 2. The van der Waals surface area contributed by atoms with Gasteiger partial charge in [-0.1, -0.05) is 43.0 Å². The van der Waals surface area contributed by atoms with Crippen LogP contribution >= 0.6 is 0 Å². The van der Waals surface area contributed by atoms with E-state index in [4.69, 9.17) is 0 Å². The van der Waals surface area contributed by atoms with Crippen LogP contribution in [0.25, 0.3) is 16.5 Å². The second-order valence-electron chi connectivity index (χ2n) is 4.09. The SMILES string of the molecule is C=C(c1ccc2ccccc2c1)N(C)C(C)=O. The summed E-state index contributed by atoms with van der Waals surface area (Å²) >= 11 is 0. The predicted octanol–water partition coefficient (Wildman–Crippen LogP) is 3.29. The van der Waals surface area contributed by atoms with Gasteiger partial charge in [-0.15, -0.1) is 0 Å². The van der Waals surface area contributed by atoms with Gasteiger partial charge in [0.25, 0.3) is 0 Å². The molecule has 2 heteroatoms. The van der Waals surface area contributed by atoms with Gasteiger partial charge in [0.05, 0.1) is 0 Å². The lowest BCUT2D eigenvalue weighted by molar-refractivity contribution is -0.124. The Labute approximate surface area is 101 Å². The lowest BCUT2D eigenvalue weighted by atomic mass is 10.1. The molecule has 2 nitrogen and oxygen atoms in total. The molecule has 0 fully saturated rings. The van der Waals surface area contributed by atoms with Crippen LogP contribution in [-0.2, 0) is 4.79 Å². The summed E-state index contributed by atoms with van der Waals surface area (Å²) in [6.07, 6.45) is 0.